The molecule has 1 atom stereocenters. The number of hydrogen-bond acceptors (Lipinski definition) is 4. The lowest BCUT2D eigenvalue weighted by Gasteiger charge is -2.37. The van der Waals surface area contributed by atoms with E-state index < -0.39 is 0 Å². The van der Waals surface area contributed by atoms with Gasteiger partial charge in [0.05, 0.1) is 17.3 Å². The predicted molar refractivity (Wildman–Crippen MR) is 123 cm³/mol. The smallest absolute Gasteiger partial charge is 0.259 e. The Morgan fingerprint density at radius 2 is 1.81 bits per heavy atom. The van der Waals surface area contributed by atoms with Crippen LogP contribution in [0.4, 0.5) is 0 Å². The highest BCUT2D eigenvalue weighted by atomic mass is 16.3. The number of likely N-dealkylation sites (tertiary alicyclic amines) is 1. The van der Waals surface area contributed by atoms with Crippen LogP contribution < -0.4 is 5.56 Å². The van der Waals surface area contributed by atoms with E-state index in [9.17, 15) is 9.90 Å². The first-order valence-corrected chi connectivity index (χ1v) is 11.2. The van der Waals surface area contributed by atoms with Crippen molar-refractivity contribution in [1.29, 1.82) is 0 Å². The van der Waals surface area contributed by atoms with Crippen molar-refractivity contribution < 1.29 is 5.11 Å². The summed E-state index contributed by atoms with van der Waals surface area (Å²) in [6.07, 6.45) is 4.97. The van der Waals surface area contributed by atoms with E-state index in [4.69, 9.17) is 0 Å². The molecule has 5 heteroatoms. The molecule has 1 fully saturated rings. The fraction of sp³-hybridized carbons (Fsp3) is 0.385. The first-order valence-electron chi connectivity index (χ1n) is 11.2. The second kappa shape index (κ2) is 9.48. The molecule has 0 radical (unpaired) electrons. The van der Waals surface area contributed by atoms with Crippen LogP contribution >= 0.6 is 0 Å². The van der Waals surface area contributed by atoms with Crippen LogP contribution in [0.25, 0.3) is 0 Å². The molecule has 2 aromatic heterocycles. The quantitative estimate of drug-likeness (QED) is 0.649. The molecule has 0 saturated carbocycles. The standard InChI is InChI=1S/C26H31N3O2/c1-3-29-19(2)17-23(30)24(26(29)31)25(22-11-7-8-14-27-22)28-15-12-21(13-16-28)18-20-9-5-4-6-10-20/h4-11,14,17,21,25,30H,3,12-13,15-16,18H2,1-2H3/t25-/m0/s1. The van der Waals surface area contributed by atoms with Crippen LogP contribution in [0.3, 0.4) is 0 Å². The summed E-state index contributed by atoms with van der Waals surface area (Å²) in [5.74, 6) is 0.691. The summed E-state index contributed by atoms with van der Waals surface area (Å²) in [7, 11) is 0. The molecule has 5 nitrogen and oxygen atoms in total. The van der Waals surface area contributed by atoms with Crippen molar-refractivity contribution in [2.75, 3.05) is 13.1 Å². The predicted octanol–water partition coefficient (Wildman–Crippen LogP) is 4.32. The molecule has 0 aliphatic carbocycles. The number of piperidine rings is 1. The van der Waals surface area contributed by atoms with E-state index in [2.05, 4.69) is 40.2 Å². The molecule has 0 unspecified atom stereocenters. The molecule has 3 aromatic rings. The van der Waals surface area contributed by atoms with E-state index >= 15 is 0 Å². The topological polar surface area (TPSA) is 58.4 Å². The number of pyridine rings is 2. The highest BCUT2D eigenvalue weighted by Crippen LogP contribution is 2.35. The van der Waals surface area contributed by atoms with Crippen LogP contribution in [0.15, 0.2) is 65.6 Å². The molecule has 1 aliphatic rings. The number of hydrogen-bond donors (Lipinski definition) is 1. The van der Waals surface area contributed by atoms with Gasteiger partial charge in [-0.1, -0.05) is 36.4 Å². The van der Waals surface area contributed by atoms with Crippen LogP contribution in [-0.4, -0.2) is 32.6 Å². The lowest BCUT2D eigenvalue weighted by atomic mass is 9.88. The van der Waals surface area contributed by atoms with Gasteiger partial charge in [-0.25, -0.2) is 0 Å². The Labute approximate surface area is 184 Å². The maximum atomic E-state index is 13.4. The summed E-state index contributed by atoms with van der Waals surface area (Å²) in [5, 5.41) is 10.8. The summed E-state index contributed by atoms with van der Waals surface area (Å²) in [6.45, 7) is 6.14. The van der Waals surface area contributed by atoms with E-state index in [0.29, 0.717) is 18.0 Å². The van der Waals surface area contributed by atoms with Gasteiger partial charge in [0.1, 0.15) is 5.75 Å². The zero-order chi connectivity index (χ0) is 21.8. The van der Waals surface area contributed by atoms with Gasteiger partial charge < -0.3 is 9.67 Å². The number of nitrogens with zero attached hydrogens (tertiary/aromatic N) is 3. The molecule has 1 aromatic carbocycles. The summed E-state index contributed by atoms with van der Waals surface area (Å²) < 4.78 is 1.73. The fourth-order valence-corrected chi connectivity index (χ4v) is 4.84. The average molecular weight is 418 g/mol. The van der Waals surface area contributed by atoms with Crippen molar-refractivity contribution in [3.8, 4) is 5.75 Å². The second-order valence-electron chi connectivity index (χ2n) is 8.46. The van der Waals surface area contributed by atoms with E-state index in [0.717, 1.165) is 43.7 Å². The molecular formula is C26H31N3O2. The largest absolute Gasteiger partial charge is 0.507 e. The third-order valence-electron chi connectivity index (χ3n) is 6.46. The molecule has 162 valence electrons. The Kier molecular flexibility index (Phi) is 6.52. The summed E-state index contributed by atoms with van der Waals surface area (Å²) in [6, 6.07) is 17.8. The lowest BCUT2D eigenvalue weighted by molar-refractivity contribution is 0.146. The molecule has 3 heterocycles. The van der Waals surface area contributed by atoms with Gasteiger partial charge in [0, 0.05) is 18.4 Å². The van der Waals surface area contributed by atoms with Crippen LogP contribution in [0.5, 0.6) is 5.75 Å². The summed E-state index contributed by atoms with van der Waals surface area (Å²) >= 11 is 0. The first kappa shape index (κ1) is 21.3. The van der Waals surface area contributed by atoms with E-state index in [1.807, 2.05) is 32.0 Å². The number of benzene rings is 1. The maximum Gasteiger partial charge on any atom is 0.259 e. The normalized spacial score (nSPS) is 16.3. The third kappa shape index (κ3) is 4.57. The molecular weight excluding hydrogens is 386 g/mol. The number of aryl methyl sites for hydroxylation is 1. The van der Waals surface area contributed by atoms with Gasteiger partial charge in [-0.05, 0) is 75.9 Å². The zero-order valence-electron chi connectivity index (χ0n) is 18.4. The lowest BCUT2D eigenvalue weighted by Crippen LogP contribution is -2.41. The summed E-state index contributed by atoms with van der Waals surface area (Å²) in [4.78, 5) is 20.2. The van der Waals surface area contributed by atoms with Crippen molar-refractivity contribution in [2.24, 2.45) is 5.92 Å². The Hall–Kier alpha value is -2.92. The van der Waals surface area contributed by atoms with Gasteiger partial charge in [0.15, 0.2) is 0 Å². The summed E-state index contributed by atoms with van der Waals surface area (Å²) in [5.41, 5.74) is 3.27. The van der Waals surface area contributed by atoms with Crippen LogP contribution in [0.2, 0.25) is 0 Å². The van der Waals surface area contributed by atoms with Crippen LogP contribution in [-0.2, 0) is 13.0 Å². The van der Waals surface area contributed by atoms with Crippen molar-refractivity contribution in [2.45, 2.75) is 45.7 Å². The molecule has 0 bridgehead atoms. The van der Waals surface area contributed by atoms with Crippen molar-refractivity contribution >= 4 is 0 Å². The van der Waals surface area contributed by atoms with Gasteiger partial charge in [0.25, 0.3) is 5.56 Å². The van der Waals surface area contributed by atoms with Gasteiger partial charge in [-0.15, -0.1) is 0 Å². The molecule has 0 spiro atoms. The molecule has 1 N–H and O–H groups in total. The highest BCUT2D eigenvalue weighted by Gasteiger charge is 2.32. The van der Waals surface area contributed by atoms with Gasteiger partial charge >= 0.3 is 0 Å². The second-order valence-corrected chi connectivity index (χ2v) is 8.46. The van der Waals surface area contributed by atoms with Crippen molar-refractivity contribution in [3.05, 3.63) is 93.7 Å². The molecule has 1 aliphatic heterocycles. The van der Waals surface area contributed by atoms with E-state index in [1.54, 1.807) is 16.8 Å². The minimum Gasteiger partial charge on any atom is -0.507 e. The van der Waals surface area contributed by atoms with Gasteiger partial charge in [0.2, 0.25) is 0 Å². The third-order valence-corrected chi connectivity index (χ3v) is 6.46. The molecule has 31 heavy (non-hydrogen) atoms. The SMILES string of the molecule is CCn1c(C)cc(O)c([C@H](c2ccccn2)N2CCC(Cc3ccccc3)CC2)c1=O. The van der Waals surface area contributed by atoms with Crippen LogP contribution in [0, 0.1) is 12.8 Å². The molecule has 4 rings (SSSR count). The number of aromatic hydroxyl groups is 1. The number of aromatic nitrogens is 2. The number of rotatable bonds is 6. The van der Waals surface area contributed by atoms with E-state index in [-0.39, 0.29) is 17.4 Å². The zero-order valence-corrected chi connectivity index (χ0v) is 18.4. The Balaban J connectivity index is 1.63. The Morgan fingerprint density at radius 3 is 2.45 bits per heavy atom. The average Bonchev–Trinajstić information content (AvgIpc) is 2.79. The maximum absolute atomic E-state index is 13.4. The Morgan fingerprint density at radius 1 is 1.10 bits per heavy atom. The minimum absolute atomic E-state index is 0.0641. The fourth-order valence-electron chi connectivity index (χ4n) is 4.84. The molecule has 0 amide bonds. The minimum atomic E-state index is -0.343. The first-order chi connectivity index (χ1) is 15.1. The van der Waals surface area contributed by atoms with Crippen molar-refractivity contribution in [3.63, 3.8) is 0 Å². The van der Waals surface area contributed by atoms with Crippen LogP contribution in [0.1, 0.15) is 48.3 Å². The van der Waals surface area contributed by atoms with Gasteiger partial charge in [-0.2, -0.15) is 0 Å². The Bertz CT molecular complexity index is 1060. The van der Waals surface area contributed by atoms with E-state index in [1.165, 1.54) is 5.56 Å². The van der Waals surface area contributed by atoms with Crippen molar-refractivity contribution in [1.82, 2.24) is 14.5 Å². The van der Waals surface area contributed by atoms with Gasteiger partial charge in [-0.3, -0.25) is 14.7 Å². The highest BCUT2D eigenvalue weighted by molar-refractivity contribution is 5.39. The molecule has 1 saturated heterocycles. The monoisotopic (exact) mass is 417 g/mol.